The molecular weight excluding hydrogens is 219 g/mol. The molecule has 17 heavy (non-hydrogen) atoms. The van der Waals surface area contributed by atoms with Crippen molar-refractivity contribution in [3.63, 3.8) is 0 Å². The van der Waals surface area contributed by atoms with E-state index in [0.29, 0.717) is 11.3 Å². The van der Waals surface area contributed by atoms with Crippen molar-refractivity contribution in [1.29, 1.82) is 0 Å². The molecule has 0 spiro atoms. The SMILES string of the molecule is Cc1ccc(OC2CCC(C)(C)C2O)cc1F. The lowest BCUT2D eigenvalue weighted by Gasteiger charge is -2.25. The normalized spacial score (nSPS) is 27.1. The number of ether oxygens (including phenoxy) is 1. The lowest BCUT2D eigenvalue weighted by atomic mass is 9.89. The van der Waals surface area contributed by atoms with E-state index < -0.39 is 6.10 Å². The van der Waals surface area contributed by atoms with Crippen LogP contribution in [0.3, 0.4) is 0 Å². The lowest BCUT2D eigenvalue weighted by molar-refractivity contribution is 0.00481. The molecule has 1 saturated carbocycles. The van der Waals surface area contributed by atoms with Crippen molar-refractivity contribution in [2.45, 2.75) is 45.8 Å². The number of rotatable bonds is 2. The van der Waals surface area contributed by atoms with Crippen molar-refractivity contribution >= 4 is 0 Å². The van der Waals surface area contributed by atoms with Crippen LogP contribution in [0.25, 0.3) is 0 Å². The van der Waals surface area contributed by atoms with Crippen LogP contribution in [0.4, 0.5) is 4.39 Å². The average Bonchev–Trinajstić information content (AvgIpc) is 2.51. The van der Waals surface area contributed by atoms with E-state index in [0.717, 1.165) is 12.8 Å². The molecule has 94 valence electrons. The minimum absolute atomic E-state index is 0.117. The summed E-state index contributed by atoms with van der Waals surface area (Å²) in [6.07, 6.45) is 1.01. The summed E-state index contributed by atoms with van der Waals surface area (Å²) in [4.78, 5) is 0. The quantitative estimate of drug-likeness (QED) is 0.858. The second-order valence-corrected chi connectivity index (χ2v) is 5.54. The highest BCUT2D eigenvalue weighted by atomic mass is 19.1. The zero-order chi connectivity index (χ0) is 12.6. The smallest absolute Gasteiger partial charge is 0.129 e. The molecule has 1 aliphatic carbocycles. The van der Waals surface area contributed by atoms with Crippen LogP contribution in [0.2, 0.25) is 0 Å². The number of aliphatic hydroxyl groups is 1. The van der Waals surface area contributed by atoms with Crippen LogP contribution in [-0.4, -0.2) is 17.3 Å². The molecule has 0 radical (unpaired) electrons. The third-order valence-electron chi connectivity index (χ3n) is 3.66. The molecule has 2 rings (SSSR count). The number of halogens is 1. The van der Waals surface area contributed by atoms with E-state index in [1.165, 1.54) is 6.07 Å². The molecule has 0 heterocycles. The summed E-state index contributed by atoms with van der Waals surface area (Å²) in [5.41, 5.74) is 0.484. The van der Waals surface area contributed by atoms with Crippen LogP contribution in [0.15, 0.2) is 18.2 Å². The first-order valence-corrected chi connectivity index (χ1v) is 6.01. The van der Waals surface area contributed by atoms with Gasteiger partial charge in [-0.1, -0.05) is 19.9 Å². The standard InChI is InChI=1S/C14H19FO2/c1-9-4-5-10(8-11(9)15)17-12-6-7-14(2,3)13(12)16/h4-5,8,12-13,16H,6-7H2,1-3H3. The minimum atomic E-state index is -0.494. The van der Waals surface area contributed by atoms with E-state index in [2.05, 4.69) is 0 Å². The fourth-order valence-corrected chi connectivity index (χ4v) is 2.27. The summed E-state index contributed by atoms with van der Waals surface area (Å²) in [6, 6.07) is 4.82. The largest absolute Gasteiger partial charge is 0.488 e. The molecule has 0 saturated heterocycles. The maximum absolute atomic E-state index is 13.4. The van der Waals surface area contributed by atoms with Gasteiger partial charge in [0.1, 0.15) is 17.7 Å². The highest BCUT2D eigenvalue weighted by Crippen LogP contribution is 2.39. The summed E-state index contributed by atoms with van der Waals surface area (Å²) in [5.74, 6) is 0.226. The predicted octanol–water partition coefficient (Wildman–Crippen LogP) is 3.06. The van der Waals surface area contributed by atoms with Gasteiger partial charge < -0.3 is 9.84 Å². The van der Waals surface area contributed by atoms with Gasteiger partial charge in [-0.15, -0.1) is 0 Å². The first-order valence-electron chi connectivity index (χ1n) is 6.01. The van der Waals surface area contributed by atoms with Crippen LogP contribution in [0, 0.1) is 18.2 Å². The van der Waals surface area contributed by atoms with Crippen LogP contribution in [-0.2, 0) is 0 Å². The number of aliphatic hydroxyl groups excluding tert-OH is 1. The molecule has 1 fully saturated rings. The Hall–Kier alpha value is -1.09. The molecule has 0 aromatic heterocycles. The Morgan fingerprint density at radius 2 is 2.12 bits per heavy atom. The maximum Gasteiger partial charge on any atom is 0.129 e. The van der Waals surface area contributed by atoms with Gasteiger partial charge in [0.15, 0.2) is 0 Å². The maximum atomic E-state index is 13.4. The zero-order valence-electron chi connectivity index (χ0n) is 10.5. The Kier molecular flexibility index (Phi) is 3.13. The molecule has 0 aliphatic heterocycles. The van der Waals surface area contributed by atoms with E-state index in [4.69, 9.17) is 4.74 Å². The van der Waals surface area contributed by atoms with Crippen molar-refractivity contribution in [1.82, 2.24) is 0 Å². The zero-order valence-corrected chi connectivity index (χ0v) is 10.5. The average molecular weight is 238 g/mol. The molecule has 2 nitrogen and oxygen atoms in total. The Bertz CT molecular complexity index is 415. The number of hydrogen-bond acceptors (Lipinski definition) is 2. The van der Waals surface area contributed by atoms with E-state index in [1.807, 2.05) is 13.8 Å². The third-order valence-corrected chi connectivity index (χ3v) is 3.66. The number of benzene rings is 1. The van der Waals surface area contributed by atoms with Crippen molar-refractivity contribution in [2.24, 2.45) is 5.41 Å². The predicted molar refractivity (Wildman–Crippen MR) is 64.6 cm³/mol. The third kappa shape index (κ3) is 2.44. The molecule has 2 atom stereocenters. The van der Waals surface area contributed by atoms with Crippen LogP contribution < -0.4 is 4.74 Å². The van der Waals surface area contributed by atoms with Crippen molar-refractivity contribution in [2.75, 3.05) is 0 Å². The molecule has 0 bridgehead atoms. The fraction of sp³-hybridized carbons (Fsp3) is 0.571. The van der Waals surface area contributed by atoms with Crippen molar-refractivity contribution in [3.05, 3.63) is 29.6 Å². The molecule has 1 aromatic carbocycles. The van der Waals surface area contributed by atoms with Gasteiger partial charge in [0.2, 0.25) is 0 Å². The van der Waals surface area contributed by atoms with Gasteiger partial charge in [0.25, 0.3) is 0 Å². The first kappa shape index (κ1) is 12.4. The van der Waals surface area contributed by atoms with Gasteiger partial charge in [-0.05, 0) is 36.8 Å². The summed E-state index contributed by atoms with van der Waals surface area (Å²) < 4.78 is 19.0. The molecule has 1 aliphatic rings. The Labute approximate surface area is 101 Å². The minimum Gasteiger partial charge on any atom is -0.488 e. The summed E-state index contributed by atoms with van der Waals surface area (Å²) >= 11 is 0. The second-order valence-electron chi connectivity index (χ2n) is 5.54. The molecule has 3 heteroatoms. The highest BCUT2D eigenvalue weighted by molar-refractivity contribution is 5.28. The van der Waals surface area contributed by atoms with Crippen molar-refractivity contribution in [3.8, 4) is 5.75 Å². The molecule has 1 aromatic rings. The monoisotopic (exact) mass is 238 g/mol. The second kappa shape index (κ2) is 4.30. The van der Waals surface area contributed by atoms with Gasteiger partial charge in [0, 0.05) is 6.07 Å². The fourth-order valence-electron chi connectivity index (χ4n) is 2.27. The van der Waals surface area contributed by atoms with Crippen LogP contribution in [0.1, 0.15) is 32.3 Å². The molecular formula is C14H19FO2. The summed E-state index contributed by atoms with van der Waals surface area (Å²) in [7, 11) is 0. The van der Waals surface area contributed by atoms with Crippen LogP contribution >= 0.6 is 0 Å². The van der Waals surface area contributed by atoms with Gasteiger partial charge in [-0.3, -0.25) is 0 Å². The first-order chi connectivity index (χ1) is 7.90. The van der Waals surface area contributed by atoms with E-state index >= 15 is 0 Å². The van der Waals surface area contributed by atoms with Gasteiger partial charge >= 0.3 is 0 Å². The van der Waals surface area contributed by atoms with E-state index in [9.17, 15) is 9.50 Å². The van der Waals surface area contributed by atoms with Gasteiger partial charge in [0.05, 0.1) is 6.10 Å². The Balaban J connectivity index is 2.09. The summed E-state index contributed by atoms with van der Waals surface area (Å²) in [5, 5.41) is 10.1. The number of aryl methyl sites for hydroxylation is 1. The molecule has 1 N–H and O–H groups in total. The lowest BCUT2D eigenvalue weighted by Crippen LogP contribution is -2.34. The van der Waals surface area contributed by atoms with E-state index in [-0.39, 0.29) is 17.3 Å². The Morgan fingerprint density at radius 1 is 1.41 bits per heavy atom. The topological polar surface area (TPSA) is 29.5 Å². The van der Waals surface area contributed by atoms with Gasteiger partial charge in [-0.2, -0.15) is 0 Å². The molecule has 2 unspecified atom stereocenters. The molecule has 0 amide bonds. The van der Waals surface area contributed by atoms with Gasteiger partial charge in [-0.25, -0.2) is 4.39 Å². The summed E-state index contributed by atoms with van der Waals surface area (Å²) in [6.45, 7) is 5.76. The number of hydrogen-bond donors (Lipinski definition) is 1. The Morgan fingerprint density at radius 3 is 2.65 bits per heavy atom. The van der Waals surface area contributed by atoms with E-state index in [1.54, 1.807) is 19.1 Å². The van der Waals surface area contributed by atoms with Crippen LogP contribution in [0.5, 0.6) is 5.75 Å². The van der Waals surface area contributed by atoms with Crippen molar-refractivity contribution < 1.29 is 14.2 Å². The highest BCUT2D eigenvalue weighted by Gasteiger charge is 2.42.